The molecule has 0 bridgehead atoms. The molecule has 2 rings (SSSR count). The minimum absolute atomic E-state index is 0. The molecule has 0 aromatic carbocycles. The highest BCUT2D eigenvalue weighted by Crippen LogP contribution is 2.49. The molecule has 0 fully saturated rings. The van der Waals surface area contributed by atoms with Crippen molar-refractivity contribution < 1.29 is 50.1 Å². The highest BCUT2D eigenvalue weighted by molar-refractivity contribution is 7.53. The van der Waals surface area contributed by atoms with Crippen LogP contribution in [0, 0.1) is 13.8 Å². The molecule has 27 heavy (non-hydrogen) atoms. The third-order valence-corrected chi connectivity index (χ3v) is 6.01. The lowest BCUT2D eigenvalue weighted by Crippen LogP contribution is -3.00. The number of anilines is 1. The standard InChI is InChI=1S/C12H18N4O7P2S.ClH/c1-8-11(3-4-24(17,18)22-23-25(19,20)21)26-7-16(8)6-10-5-14-9(2)15-12(10)13;/h5,7H,3-4,6H2,1-2H3,(H4-,13,14,15,17,18,19,20,21);1H. The maximum Gasteiger partial charge on any atom is 0.497 e. The Hall–Kier alpha value is -0.940. The van der Waals surface area contributed by atoms with E-state index in [0.29, 0.717) is 18.2 Å². The molecule has 2 aromatic rings. The van der Waals surface area contributed by atoms with Crippen LogP contribution >= 0.6 is 26.8 Å². The van der Waals surface area contributed by atoms with Gasteiger partial charge >= 0.3 is 15.4 Å². The van der Waals surface area contributed by atoms with Gasteiger partial charge < -0.3 is 32.8 Å². The van der Waals surface area contributed by atoms with Crippen LogP contribution < -0.4 is 22.7 Å². The molecule has 2 aromatic heterocycles. The van der Waals surface area contributed by atoms with E-state index < -0.39 is 15.4 Å². The summed E-state index contributed by atoms with van der Waals surface area (Å²) in [5.74, 6) is 0.968. The van der Waals surface area contributed by atoms with E-state index >= 15 is 0 Å². The number of thiazole rings is 1. The molecule has 0 aliphatic heterocycles. The summed E-state index contributed by atoms with van der Waals surface area (Å²) < 4.78 is 31.8. The zero-order valence-corrected chi connectivity index (χ0v) is 17.7. The summed E-state index contributed by atoms with van der Waals surface area (Å²) in [6.45, 7) is 4.03. The quantitative estimate of drug-likeness (QED) is 0.147. The maximum atomic E-state index is 11.7. The Balaban J connectivity index is 0.00000364. The van der Waals surface area contributed by atoms with Gasteiger partial charge in [-0.1, -0.05) is 11.3 Å². The molecule has 1 unspecified atom stereocenters. The molecule has 0 aliphatic rings. The van der Waals surface area contributed by atoms with Crippen molar-refractivity contribution >= 4 is 32.6 Å². The highest BCUT2D eigenvalue weighted by Gasteiger charge is 2.28. The van der Waals surface area contributed by atoms with E-state index in [0.717, 1.165) is 16.1 Å². The first-order valence-electron chi connectivity index (χ1n) is 7.26. The summed E-state index contributed by atoms with van der Waals surface area (Å²) >= 11 is 1.37. The van der Waals surface area contributed by atoms with Gasteiger partial charge in [0, 0.05) is 13.1 Å². The average molecular weight is 461 g/mol. The van der Waals surface area contributed by atoms with Crippen molar-refractivity contribution in [2.24, 2.45) is 0 Å². The van der Waals surface area contributed by atoms with Crippen LogP contribution in [-0.4, -0.2) is 30.8 Å². The molecule has 0 aliphatic carbocycles. The molecule has 2 heterocycles. The first kappa shape index (κ1) is 24.1. The van der Waals surface area contributed by atoms with E-state index in [1.165, 1.54) is 11.3 Å². The second-order valence-electron chi connectivity index (χ2n) is 5.44. The fourth-order valence-electron chi connectivity index (χ4n) is 2.04. The van der Waals surface area contributed by atoms with Crippen LogP contribution in [0.4, 0.5) is 5.82 Å². The number of aryl methyl sites for hydroxylation is 2. The molecule has 5 N–H and O–H groups in total. The second kappa shape index (κ2) is 9.51. The molecule has 0 amide bonds. The molecular weight excluding hydrogens is 442 g/mol. The number of nitrogens with two attached hydrogens (primary N) is 1. The topological polar surface area (TPSA) is 169 Å². The van der Waals surface area contributed by atoms with Gasteiger partial charge in [-0.2, -0.15) is 4.57 Å². The molecule has 152 valence electrons. The number of nitrogen functional groups attached to an aromatic ring is 1. The first-order valence-corrected chi connectivity index (χ1v) is 11.4. The Morgan fingerprint density at radius 2 is 1.93 bits per heavy atom. The summed E-state index contributed by atoms with van der Waals surface area (Å²) in [7, 11) is -9.29. The molecule has 15 heteroatoms. The third-order valence-electron chi connectivity index (χ3n) is 3.38. The fourth-order valence-corrected chi connectivity index (χ4v) is 4.53. The number of rotatable bonds is 8. The van der Waals surface area contributed by atoms with Crippen LogP contribution in [0.2, 0.25) is 0 Å². The minimum Gasteiger partial charge on any atom is -1.00 e. The van der Waals surface area contributed by atoms with Gasteiger partial charge in [-0.05, 0) is 13.3 Å². The maximum absolute atomic E-state index is 11.7. The van der Waals surface area contributed by atoms with Crippen molar-refractivity contribution in [3.63, 3.8) is 0 Å². The smallest absolute Gasteiger partial charge is 0.497 e. The number of phosphoric acid groups is 1. The molecular formula is C12H19ClN4O7P2S. The van der Waals surface area contributed by atoms with Crippen LogP contribution in [0.25, 0.3) is 0 Å². The summed E-state index contributed by atoms with van der Waals surface area (Å²) in [5, 5.41) is 0. The fraction of sp³-hybridized carbons (Fsp3) is 0.417. The van der Waals surface area contributed by atoms with Crippen molar-refractivity contribution in [3.05, 3.63) is 33.7 Å². The zero-order valence-electron chi connectivity index (χ0n) is 14.4. The normalized spacial score (nSPS) is 13.8. The Morgan fingerprint density at radius 3 is 2.52 bits per heavy atom. The molecule has 0 radical (unpaired) electrons. The summed E-state index contributed by atoms with van der Waals surface area (Å²) in [6, 6.07) is 0. The molecule has 0 saturated carbocycles. The van der Waals surface area contributed by atoms with Crippen LogP contribution in [0.5, 0.6) is 0 Å². The largest absolute Gasteiger partial charge is 1.00 e. The van der Waals surface area contributed by atoms with Gasteiger partial charge in [-0.25, -0.2) is 14.5 Å². The predicted molar refractivity (Wildman–Crippen MR) is 92.1 cm³/mol. The lowest BCUT2D eigenvalue weighted by Gasteiger charge is -2.10. The van der Waals surface area contributed by atoms with Gasteiger partial charge in [-0.15, -0.1) is 9.35 Å². The van der Waals surface area contributed by atoms with Crippen molar-refractivity contribution in [3.8, 4) is 0 Å². The lowest BCUT2D eigenvalue weighted by atomic mass is 10.2. The Bertz CT molecular complexity index is 891. The Labute approximate surface area is 165 Å². The lowest BCUT2D eigenvalue weighted by molar-refractivity contribution is -0.689. The van der Waals surface area contributed by atoms with E-state index in [-0.39, 0.29) is 25.0 Å². The second-order valence-corrected chi connectivity index (χ2v) is 9.38. The van der Waals surface area contributed by atoms with Crippen LogP contribution in [0.1, 0.15) is 22.0 Å². The van der Waals surface area contributed by atoms with Crippen molar-refractivity contribution in [2.45, 2.75) is 26.8 Å². The van der Waals surface area contributed by atoms with Crippen LogP contribution in [0.3, 0.4) is 0 Å². The third kappa shape index (κ3) is 7.53. The Morgan fingerprint density at radius 1 is 1.26 bits per heavy atom. The van der Waals surface area contributed by atoms with Gasteiger partial charge in [0.15, 0.2) is 12.2 Å². The monoisotopic (exact) mass is 460 g/mol. The number of hydrogen-bond acceptors (Lipinski definition) is 8. The van der Waals surface area contributed by atoms with E-state index in [1.54, 1.807) is 13.1 Å². The van der Waals surface area contributed by atoms with Crippen molar-refractivity contribution in [2.75, 3.05) is 11.9 Å². The van der Waals surface area contributed by atoms with Crippen molar-refractivity contribution in [1.82, 2.24) is 9.97 Å². The average Bonchev–Trinajstić information content (AvgIpc) is 2.86. The first-order chi connectivity index (χ1) is 12.0. The van der Waals surface area contributed by atoms with Crippen LogP contribution in [-0.2, 0) is 31.4 Å². The van der Waals surface area contributed by atoms with E-state index in [4.69, 9.17) is 15.5 Å². The minimum atomic E-state index is -4.99. The molecule has 11 nitrogen and oxygen atoms in total. The van der Waals surface area contributed by atoms with E-state index in [9.17, 15) is 14.0 Å². The van der Waals surface area contributed by atoms with E-state index in [2.05, 4.69) is 19.3 Å². The summed E-state index contributed by atoms with van der Waals surface area (Å²) in [4.78, 5) is 35.6. The predicted octanol–water partition coefficient (Wildman–Crippen LogP) is -2.15. The van der Waals surface area contributed by atoms with Crippen molar-refractivity contribution in [1.29, 1.82) is 0 Å². The Kier molecular flexibility index (Phi) is 8.49. The summed E-state index contributed by atoms with van der Waals surface area (Å²) in [5.41, 5.74) is 9.32. The SMILES string of the molecule is Cc1ncc(C[n+]2csc(CCP(=O)(O)OOP(=O)(O)O)c2C)c(N)n1.[Cl-]. The molecule has 0 spiro atoms. The molecule has 1 atom stereocenters. The molecule has 0 saturated heterocycles. The van der Waals surface area contributed by atoms with Gasteiger partial charge in [-0.3, -0.25) is 4.57 Å². The zero-order chi connectivity index (χ0) is 19.5. The number of halogens is 1. The van der Waals surface area contributed by atoms with Gasteiger partial charge in [0.2, 0.25) is 5.51 Å². The van der Waals surface area contributed by atoms with Gasteiger partial charge in [0.25, 0.3) is 0 Å². The van der Waals surface area contributed by atoms with Gasteiger partial charge in [0.1, 0.15) is 11.6 Å². The summed E-state index contributed by atoms with van der Waals surface area (Å²) in [6.07, 6.45) is 1.46. The highest BCUT2D eigenvalue weighted by atomic mass is 35.5. The van der Waals surface area contributed by atoms with E-state index in [1.807, 2.05) is 17.0 Å². The van der Waals surface area contributed by atoms with Gasteiger partial charge in [0.05, 0.1) is 16.6 Å². The number of nitrogens with zero attached hydrogens (tertiary/aromatic N) is 3. The number of hydrogen-bond donors (Lipinski definition) is 4. The number of aromatic nitrogens is 3. The van der Waals surface area contributed by atoms with Crippen LogP contribution in [0.15, 0.2) is 11.7 Å².